The Bertz CT molecular complexity index is 258. The van der Waals surface area contributed by atoms with Gasteiger partial charge in [0.15, 0.2) is 0 Å². The average molecular weight is 282 g/mol. The number of piperidine rings is 1. The Labute approximate surface area is 125 Å². The maximum absolute atomic E-state index is 5.52. The molecule has 1 aliphatic heterocycles. The van der Waals surface area contributed by atoms with Gasteiger partial charge in [-0.25, -0.2) is 0 Å². The van der Waals surface area contributed by atoms with Crippen molar-refractivity contribution in [1.29, 1.82) is 0 Å². The molecule has 1 saturated carbocycles. The van der Waals surface area contributed by atoms with Crippen molar-refractivity contribution in [2.24, 2.45) is 0 Å². The average Bonchev–Trinajstić information content (AvgIpc) is 2.49. The van der Waals surface area contributed by atoms with E-state index in [9.17, 15) is 0 Å². The number of hydrogen-bond donors (Lipinski definition) is 0. The lowest BCUT2D eigenvalue weighted by atomic mass is 9.79. The van der Waals surface area contributed by atoms with Crippen molar-refractivity contribution in [1.82, 2.24) is 9.80 Å². The number of likely N-dealkylation sites (tertiary alicyclic amines) is 1. The second-order valence-corrected chi connectivity index (χ2v) is 6.77. The van der Waals surface area contributed by atoms with E-state index in [4.69, 9.17) is 4.74 Å². The van der Waals surface area contributed by atoms with Crippen LogP contribution in [0.5, 0.6) is 0 Å². The van der Waals surface area contributed by atoms with Crippen LogP contribution in [0.1, 0.15) is 58.3 Å². The molecule has 2 rings (SSSR count). The van der Waals surface area contributed by atoms with E-state index in [1.165, 1.54) is 71.0 Å². The topological polar surface area (TPSA) is 15.7 Å². The zero-order valence-electron chi connectivity index (χ0n) is 13.7. The largest absolute Gasteiger partial charge is 0.380 e. The van der Waals surface area contributed by atoms with Gasteiger partial charge in [-0.2, -0.15) is 0 Å². The van der Waals surface area contributed by atoms with Crippen molar-refractivity contribution in [2.75, 3.05) is 46.4 Å². The van der Waals surface area contributed by atoms with E-state index in [-0.39, 0.29) is 0 Å². The third-order valence-electron chi connectivity index (χ3n) is 5.20. The molecule has 2 fully saturated rings. The van der Waals surface area contributed by atoms with Gasteiger partial charge in [0.25, 0.3) is 0 Å². The molecule has 0 N–H and O–H groups in total. The zero-order valence-corrected chi connectivity index (χ0v) is 13.7. The highest BCUT2D eigenvalue weighted by Gasteiger charge is 2.38. The summed E-state index contributed by atoms with van der Waals surface area (Å²) in [5.74, 6) is 0. The van der Waals surface area contributed by atoms with Crippen LogP contribution in [0.2, 0.25) is 0 Å². The Balaban J connectivity index is 1.91. The van der Waals surface area contributed by atoms with Gasteiger partial charge in [-0.3, -0.25) is 4.90 Å². The molecule has 1 aliphatic carbocycles. The van der Waals surface area contributed by atoms with Crippen LogP contribution in [0.3, 0.4) is 0 Å². The van der Waals surface area contributed by atoms with Crippen LogP contribution in [0.25, 0.3) is 0 Å². The van der Waals surface area contributed by atoms with E-state index in [0.717, 1.165) is 19.8 Å². The summed E-state index contributed by atoms with van der Waals surface area (Å²) in [4.78, 5) is 5.35. The summed E-state index contributed by atoms with van der Waals surface area (Å²) in [7, 11) is 2.28. The van der Waals surface area contributed by atoms with E-state index in [0.29, 0.717) is 5.54 Å². The molecule has 0 radical (unpaired) electrons. The molecule has 0 unspecified atom stereocenters. The van der Waals surface area contributed by atoms with Crippen LogP contribution in [-0.4, -0.2) is 61.8 Å². The van der Waals surface area contributed by atoms with Crippen molar-refractivity contribution in [3.63, 3.8) is 0 Å². The van der Waals surface area contributed by atoms with Gasteiger partial charge in [0.2, 0.25) is 0 Å². The Morgan fingerprint density at radius 2 is 1.65 bits per heavy atom. The van der Waals surface area contributed by atoms with Crippen molar-refractivity contribution in [2.45, 2.75) is 63.8 Å². The van der Waals surface area contributed by atoms with Gasteiger partial charge in [0.05, 0.1) is 6.61 Å². The lowest BCUT2D eigenvalue weighted by molar-refractivity contribution is 0.00380. The van der Waals surface area contributed by atoms with Crippen LogP contribution in [0.4, 0.5) is 0 Å². The first-order chi connectivity index (χ1) is 9.77. The molecule has 0 spiro atoms. The molecule has 3 nitrogen and oxygen atoms in total. The van der Waals surface area contributed by atoms with Crippen LogP contribution in [0.15, 0.2) is 0 Å². The molecule has 118 valence electrons. The summed E-state index contributed by atoms with van der Waals surface area (Å²) >= 11 is 0. The summed E-state index contributed by atoms with van der Waals surface area (Å²) in [5.41, 5.74) is 0.472. The van der Waals surface area contributed by atoms with Gasteiger partial charge in [0.1, 0.15) is 0 Å². The molecular weight excluding hydrogens is 248 g/mol. The molecule has 20 heavy (non-hydrogen) atoms. The van der Waals surface area contributed by atoms with E-state index >= 15 is 0 Å². The monoisotopic (exact) mass is 282 g/mol. The standard InChI is InChI=1S/C17H34N2O/c1-3-20-15-14-18(2)16-17(10-6-4-7-11-17)19-12-8-5-9-13-19/h3-16H2,1-2H3. The van der Waals surface area contributed by atoms with Crippen molar-refractivity contribution >= 4 is 0 Å². The normalized spacial score (nSPS) is 24.1. The summed E-state index contributed by atoms with van der Waals surface area (Å²) in [5, 5.41) is 0. The van der Waals surface area contributed by atoms with E-state index in [1.807, 2.05) is 0 Å². The SMILES string of the molecule is CCOCCN(C)CC1(N2CCCCC2)CCCCC1. The molecule has 0 amide bonds. The number of nitrogens with zero attached hydrogens (tertiary/aromatic N) is 2. The predicted molar refractivity (Wildman–Crippen MR) is 85.2 cm³/mol. The maximum atomic E-state index is 5.52. The van der Waals surface area contributed by atoms with E-state index in [1.54, 1.807) is 0 Å². The minimum Gasteiger partial charge on any atom is -0.380 e. The summed E-state index contributed by atoms with van der Waals surface area (Å²) in [6.07, 6.45) is 11.4. The Morgan fingerprint density at radius 1 is 1.00 bits per heavy atom. The maximum Gasteiger partial charge on any atom is 0.0593 e. The van der Waals surface area contributed by atoms with Crippen molar-refractivity contribution in [3.05, 3.63) is 0 Å². The highest BCUT2D eigenvalue weighted by atomic mass is 16.5. The highest BCUT2D eigenvalue weighted by molar-refractivity contribution is 4.96. The number of rotatable bonds is 7. The predicted octanol–water partition coefficient (Wildman–Crippen LogP) is 3.14. The Kier molecular flexibility index (Phi) is 6.79. The van der Waals surface area contributed by atoms with Crippen LogP contribution in [0, 0.1) is 0 Å². The lowest BCUT2D eigenvalue weighted by Gasteiger charge is -2.50. The summed E-state index contributed by atoms with van der Waals surface area (Å²) in [6, 6.07) is 0. The zero-order chi connectivity index (χ0) is 14.3. The second kappa shape index (κ2) is 8.35. The minimum absolute atomic E-state index is 0.472. The fourth-order valence-corrected chi connectivity index (χ4v) is 4.10. The lowest BCUT2D eigenvalue weighted by Crippen LogP contribution is -2.57. The number of likely N-dealkylation sites (N-methyl/N-ethyl adjacent to an activating group) is 1. The number of hydrogen-bond acceptors (Lipinski definition) is 3. The molecule has 0 bridgehead atoms. The fourth-order valence-electron chi connectivity index (χ4n) is 4.10. The van der Waals surface area contributed by atoms with Gasteiger partial charge in [-0.05, 0) is 52.7 Å². The summed E-state index contributed by atoms with van der Waals surface area (Å²) in [6.45, 7) is 8.77. The Hall–Kier alpha value is -0.120. The first kappa shape index (κ1) is 16.3. The van der Waals surface area contributed by atoms with Gasteiger partial charge >= 0.3 is 0 Å². The van der Waals surface area contributed by atoms with Crippen molar-refractivity contribution < 1.29 is 4.74 Å². The molecule has 2 aliphatic rings. The third-order valence-corrected chi connectivity index (χ3v) is 5.20. The molecule has 1 heterocycles. The van der Waals surface area contributed by atoms with Gasteiger partial charge < -0.3 is 9.64 Å². The van der Waals surface area contributed by atoms with E-state index in [2.05, 4.69) is 23.8 Å². The van der Waals surface area contributed by atoms with Crippen LogP contribution < -0.4 is 0 Å². The van der Waals surface area contributed by atoms with Gasteiger partial charge in [-0.15, -0.1) is 0 Å². The van der Waals surface area contributed by atoms with Crippen LogP contribution in [-0.2, 0) is 4.74 Å². The molecule has 0 aromatic rings. The van der Waals surface area contributed by atoms with E-state index < -0.39 is 0 Å². The van der Waals surface area contributed by atoms with Crippen molar-refractivity contribution in [3.8, 4) is 0 Å². The Morgan fingerprint density at radius 3 is 2.30 bits per heavy atom. The first-order valence-electron chi connectivity index (χ1n) is 8.78. The third kappa shape index (κ3) is 4.44. The highest BCUT2D eigenvalue weighted by Crippen LogP contribution is 2.36. The molecule has 0 aromatic carbocycles. The smallest absolute Gasteiger partial charge is 0.0593 e. The minimum atomic E-state index is 0.472. The fraction of sp³-hybridized carbons (Fsp3) is 1.00. The van der Waals surface area contributed by atoms with Gasteiger partial charge in [0, 0.05) is 25.2 Å². The molecular formula is C17H34N2O. The van der Waals surface area contributed by atoms with Crippen LogP contribution >= 0.6 is 0 Å². The molecule has 3 heteroatoms. The van der Waals surface area contributed by atoms with Gasteiger partial charge in [-0.1, -0.05) is 25.7 Å². The molecule has 0 aromatic heterocycles. The first-order valence-corrected chi connectivity index (χ1v) is 8.78. The second-order valence-electron chi connectivity index (χ2n) is 6.77. The molecule has 0 atom stereocenters. The number of ether oxygens (including phenoxy) is 1. The molecule has 1 saturated heterocycles. The quantitative estimate of drug-likeness (QED) is 0.667. The summed E-state index contributed by atoms with van der Waals surface area (Å²) < 4.78 is 5.52.